The first kappa shape index (κ1) is 47.5. The maximum atomic E-state index is 14.1. The topological polar surface area (TPSA) is 168 Å². The lowest BCUT2D eigenvalue weighted by Gasteiger charge is -2.24. The smallest absolute Gasteiger partial charge is 0.407 e. The number of ether oxygens (including phenoxy) is 3. The number of nitrogens with one attached hydrogen (secondary N) is 4. The molecule has 67 heavy (non-hydrogen) atoms. The number of aliphatic hydroxyl groups excluding tert-OH is 1. The molecular weight excluding hydrogens is 845 g/mol. The zero-order valence-corrected chi connectivity index (χ0v) is 37.5. The van der Waals surface area contributed by atoms with E-state index in [0.717, 1.165) is 49.8 Å². The molecule has 0 fully saturated rings. The summed E-state index contributed by atoms with van der Waals surface area (Å²) < 4.78 is 17.5. The molecule has 7 rings (SSSR count). The fraction of sp³-hybridized carbons (Fsp3) is 0.273. The number of alkyl carbamates (subject to hydrolysis) is 1. The van der Waals surface area contributed by atoms with Crippen LogP contribution in [0.25, 0.3) is 22.0 Å². The van der Waals surface area contributed by atoms with Crippen molar-refractivity contribution in [2.45, 2.75) is 69.2 Å². The molecule has 12 heteroatoms. The number of fused-ring (bicyclic) bond motifs is 4. The Balaban J connectivity index is 0.966. The number of amides is 3. The van der Waals surface area contributed by atoms with Crippen molar-refractivity contribution in [1.82, 2.24) is 20.9 Å². The quantitative estimate of drug-likeness (QED) is 0.0298. The van der Waals surface area contributed by atoms with Gasteiger partial charge in [-0.05, 0) is 89.2 Å². The van der Waals surface area contributed by atoms with E-state index in [1.54, 1.807) is 12.2 Å². The Hall–Kier alpha value is -7.44. The molecule has 0 spiro atoms. The van der Waals surface area contributed by atoms with Crippen LogP contribution in [0, 0.1) is 5.92 Å². The molecule has 4 atom stereocenters. The second-order valence-electron chi connectivity index (χ2n) is 16.8. The number of carbonyl (C=O) groups is 4. The third-order valence-electron chi connectivity index (χ3n) is 12.0. The van der Waals surface area contributed by atoms with Crippen LogP contribution < -0.4 is 20.7 Å². The number of rotatable bonds is 24. The van der Waals surface area contributed by atoms with Crippen LogP contribution in [0.4, 0.5) is 4.79 Å². The van der Waals surface area contributed by atoms with E-state index in [9.17, 15) is 24.3 Å². The number of benzene rings is 5. The standard InChI is InChI=1S/C55H58N4O8/c1-3-5-23-51(59-55(64)67-36-49-47-21-11-9-19-45(47)46-20-10-12-22-48(46)49)54(63)66-35-42(30-40-32-56-50-24-14-13-18-44(40)50)58-53(62)39(15-4-2)31-52(61)57-41(33-60)29-37-25-27-43(28-26-37)65-34-38-16-7-6-8-17-38/h3-4,6-14,16-22,24-28,32,39,41-42,49,51,56,60H,1-2,5,15,23,29-31,33-36H2,(H,57,61)(H,58,62)(H,59,64)/t39-,41+,42+,51+/m1/s1. The Morgan fingerprint density at radius 1 is 0.716 bits per heavy atom. The van der Waals surface area contributed by atoms with Gasteiger partial charge >= 0.3 is 12.1 Å². The first-order chi connectivity index (χ1) is 32.7. The molecule has 1 aliphatic carbocycles. The van der Waals surface area contributed by atoms with Crippen molar-refractivity contribution in [2.75, 3.05) is 19.8 Å². The average Bonchev–Trinajstić information content (AvgIpc) is 3.91. The monoisotopic (exact) mass is 902 g/mol. The van der Waals surface area contributed by atoms with Gasteiger partial charge in [0, 0.05) is 29.4 Å². The Morgan fingerprint density at radius 3 is 2.10 bits per heavy atom. The molecule has 346 valence electrons. The van der Waals surface area contributed by atoms with Crippen molar-refractivity contribution in [3.05, 3.63) is 187 Å². The number of aromatic amines is 1. The molecule has 0 unspecified atom stereocenters. The summed E-state index contributed by atoms with van der Waals surface area (Å²) in [6.45, 7) is 7.59. The van der Waals surface area contributed by atoms with E-state index in [1.807, 2.05) is 121 Å². The van der Waals surface area contributed by atoms with Gasteiger partial charge in [-0.3, -0.25) is 9.59 Å². The Labute approximate surface area is 391 Å². The first-order valence-corrected chi connectivity index (χ1v) is 22.7. The molecule has 5 N–H and O–H groups in total. The summed E-state index contributed by atoms with van der Waals surface area (Å²) in [4.78, 5) is 57.9. The number of aromatic nitrogens is 1. The average molecular weight is 903 g/mol. The molecule has 0 aliphatic heterocycles. The van der Waals surface area contributed by atoms with Crippen LogP contribution in [0.5, 0.6) is 5.75 Å². The molecule has 0 bridgehead atoms. The number of allylic oxidation sites excluding steroid dienone is 2. The summed E-state index contributed by atoms with van der Waals surface area (Å²) >= 11 is 0. The molecule has 1 aromatic heterocycles. The van der Waals surface area contributed by atoms with Crippen LogP contribution in [0.2, 0.25) is 0 Å². The lowest BCUT2D eigenvalue weighted by Crippen LogP contribution is -2.47. The van der Waals surface area contributed by atoms with Gasteiger partial charge in [0.15, 0.2) is 0 Å². The van der Waals surface area contributed by atoms with Gasteiger partial charge in [-0.25, -0.2) is 9.59 Å². The molecule has 5 aromatic carbocycles. The minimum absolute atomic E-state index is 0.0753. The van der Waals surface area contributed by atoms with E-state index >= 15 is 0 Å². The van der Waals surface area contributed by atoms with Crippen LogP contribution in [0.3, 0.4) is 0 Å². The maximum absolute atomic E-state index is 14.1. The van der Waals surface area contributed by atoms with E-state index in [0.29, 0.717) is 25.2 Å². The van der Waals surface area contributed by atoms with Gasteiger partial charge in [0.25, 0.3) is 0 Å². The molecule has 3 amide bonds. The SMILES string of the molecule is C=CCC[C@H](NC(=O)OCC1c2ccccc2-c2ccccc21)C(=O)OC[C@H](Cc1c[nH]c2ccccc12)NC(=O)[C@H](CC=C)CC(=O)N[C@H](CO)Cc1ccc(OCc2ccccc2)cc1. The number of aliphatic hydroxyl groups is 1. The third-order valence-corrected chi connectivity index (χ3v) is 12.0. The fourth-order valence-electron chi connectivity index (χ4n) is 8.54. The highest BCUT2D eigenvalue weighted by molar-refractivity contribution is 5.87. The molecule has 0 radical (unpaired) electrons. The van der Waals surface area contributed by atoms with E-state index < -0.39 is 47.9 Å². The van der Waals surface area contributed by atoms with Gasteiger partial charge in [-0.15, -0.1) is 13.2 Å². The lowest BCUT2D eigenvalue weighted by molar-refractivity contribution is -0.147. The molecular formula is C55H58N4O8. The largest absolute Gasteiger partial charge is 0.489 e. The molecule has 12 nitrogen and oxygen atoms in total. The predicted molar refractivity (Wildman–Crippen MR) is 259 cm³/mol. The zero-order chi connectivity index (χ0) is 47.0. The van der Waals surface area contributed by atoms with Crippen LogP contribution in [-0.4, -0.2) is 71.9 Å². The van der Waals surface area contributed by atoms with Crippen LogP contribution in [-0.2, 0) is 43.3 Å². The predicted octanol–water partition coefficient (Wildman–Crippen LogP) is 8.49. The van der Waals surface area contributed by atoms with Gasteiger partial charge < -0.3 is 40.3 Å². The summed E-state index contributed by atoms with van der Waals surface area (Å²) in [5, 5.41) is 19.8. The van der Waals surface area contributed by atoms with Crippen molar-refractivity contribution < 1.29 is 38.5 Å². The van der Waals surface area contributed by atoms with Crippen molar-refractivity contribution >= 4 is 34.8 Å². The van der Waals surface area contributed by atoms with E-state index in [1.165, 1.54) is 0 Å². The van der Waals surface area contributed by atoms with Gasteiger partial charge in [0.1, 0.15) is 31.6 Å². The highest BCUT2D eigenvalue weighted by atomic mass is 16.6. The second kappa shape index (κ2) is 23.7. The maximum Gasteiger partial charge on any atom is 0.407 e. The number of para-hydroxylation sites is 1. The molecule has 0 saturated carbocycles. The van der Waals surface area contributed by atoms with Gasteiger partial charge in [-0.2, -0.15) is 0 Å². The number of carbonyl (C=O) groups excluding carboxylic acids is 4. The van der Waals surface area contributed by atoms with Crippen molar-refractivity contribution in [3.8, 4) is 16.9 Å². The molecule has 0 saturated heterocycles. The van der Waals surface area contributed by atoms with Gasteiger partial charge in [-0.1, -0.05) is 121 Å². The fourth-order valence-corrected chi connectivity index (χ4v) is 8.54. The summed E-state index contributed by atoms with van der Waals surface area (Å²) in [5.74, 6) is -1.80. The van der Waals surface area contributed by atoms with Crippen molar-refractivity contribution in [1.29, 1.82) is 0 Å². The van der Waals surface area contributed by atoms with E-state index in [-0.39, 0.29) is 51.4 Å². The summed E-state index contributed by atoms with van der Waals surface area (Å²) in [6, 6.07) is 38.8. The normalized spacial score (nSPS) is 13.5. The van der Waals surface area contributed by atoms with Crippen LogP contribution in [0.15, 0.2) is 159 Å². The van der Waals surface area contributed by atoms with Gasteiger partial charge in [0.2, 0.25) is 11.8 Å². The van der Waals surface area contributed by atoms with Crippen molar-refractivity contribution in [2.24, 2.45) is 5.92 Å². The van der Waals surface area contributed by atoms with Crippen LogP contribution in [0.1, 0.15) is 59.4 Å². The number of hydrogen-bond acceptors (Lipinski definition) is 8. The number of hydrogen-bond donors (Lipinski definition) is 5. The summed E-state index contributed by atoms with van der Waals surface area (Å²) in [5.41, 5.74) is 8.07. The Kier molecular flexibility index (Phi) is 16.8. The second-order valence-corrected chi connectivity index (χ2v) is 16.8. The zero-order valence-electron chi connectivity index (χ0n) is 37.5. The third kappa shape index (κ3) is 12.9. The Bertz CT molecular complexity index is 2580. The number of H-pyrrole nitrogens is 1. The minimum Gasteiger partial charge on any atom is -0.489 e. The lowest BCUT2D eigenvalue weighted by atomic mass is 9.97. The molecule has 1 aliphatic rings. The van der Waals surface area contributed by atoms with Gasteiger partial charge in [0.05, 0.1) is 24.6 Å². The summed E-state index contributed by atoms with van der Waals surface area (Å²) in [6.07, 6.45) is 5.63. The molecule has 1 heterocycles. The molecule has 6 aromatic rings. The van der Waals surface area contributed by atoms with Crippen molar-refractivity contribution in [3.63, 3.8) is 0 Å². The van der Waals surface area contributed by atoms with E-state index in [4.69, 9.17) is 14.2 Å². The highest BCUT2D eigenvalue weighted by Crippen LogP contribution is 2.44. The van der Waals surface area contributed by atoms with Crippen LogP contribution >= 0.6 is 0 Å². The number of esters is 1. The highest BCUT2D eigenvalue weighted by Gasteiger charge is 2.31. The first-order valence-electron chi connectivity index (χ1n) is 22.7. The minimum atomic E-state index is -1.05. The Morgan fingerprint density at radius 2 is 1.40 bits per heavy atom. The van der Waals surface area contributed by atoms with E-state index in [2.05, 4.69) is 46.2 Å². The summed E-state index contributed by atoms with van der Waals surface area (Å²) in [7, 11) is 0.